The van der Waals surface area contributed by atoms with Gasteiger partial charge in [-0.2, -0.15) is 0 Å². The normalized spacial score (nSPS) is 22.3. The molecule has 3 nitrogen and oxygen atoms in total. The van der Waals surface area contributed by atoms with Crippen molar-refractivity contribution in [2.75, 3.05) is 5.32 Å². The Bertz CT molecular complexity index is 1040. The first-order valence-electron chi connectivity index (χ1n) is 9.09. The number of aromatic carboxylic acids is 1. The number of carbonyl (C=O) groups is 1. The summed E-state index contributed by atoms with van der Waals surface area (Å²) < 4.78 is 0. The van der Waals surface area contributed by atoms with Crippen molar-refractivity contribution in [3.63, 3.8) is 0 Å². The fourth-order valence-electron chi connectivity index (χ4n) is 4.77. The van der Waals surface area contributed by atoms with E-state index in [0.29, 0.717) is 16.5 Å². The molecule has 134 valence electrons. The SMILES string of the molecule is O=C(O)c1cccc2c1N[C@H](c1ccc(Cl)cc1)[C@H]1Cc3ccccc3[C@@H]21. The van der Waals surface area contributed by atoms with Crippen molar-refractivity contribution < 1.29 is 9.90 Å². The maximum absolute atomic E-state index is 11.8. The number of carboxylic acids is 1. The monoisotopic (exact) mass is 375 g/mol. The average molecular weight is 376 g/mol. The molecule has 0 radical (unpaired) electrons. The summed E-state index contributed by atoms with van der Waals surface area (Å²) in [7, 11) is 0. The molecular formula is C23H18ClNO2. The van der Waals surface area contributed by atoms with Gasteiger partial charge in [0.15, 0.2) is 0 Å². The maximum atomic E-state index is 11.8. The summed E-state index contributed by atoms with van der Waals surface area (Å²) in [5.41, 5.74) is 5.94. The number of nitrogens with one attached hydrogen (secondary N) is 1. The van der Waals surface area contributed by atoms with E-state index >= 15 is 0 Å². The van der Waals surface area contributed by atoms with Crippen molar-refractivity contribution in [2.24, 2.45) is 5.92 Å². The van der Waals surface area contributed by atoms with Gasteiger partial charge in [-0.25, -0.2) is 4.79 Å². The Balaban J connectivity index is 1.72. The lowest BCUT2D eigenvalue weighted by atomic mass is 9.75. The fraction of sp³-hybridized carbons (Fsp3) is 0.174. The molecule has 0 aromatic heterocycles. The number of fused-ring (bicyclic) bond motifs is 5. The van der Waals surface area contributed by atoms with Crippen LogP contribution in [0.25, 0.3) is 0 Å². The lowest BCUT2D eigenvalue weighted by Gasteiger charge is -2.38. The highest BCUT2D eigenvalue weighted by atomic mass is 35.5. The Labute approximate surface area is 162 Å². The van der Waals surface area contributed by atoms with E-state index < -0.39 is 5.97 Å². The highest BCUT2D eigenvalue weighted by Crippen LogP contribution is 2.54. The molecular weight excluding hydrogens is 358 g/mol. The van der Waals surface area contributed by atoms with Crippen LogP contribution in [0.3, 0.4) is 0 Å². The lowest BCUT2D eigenvalue weighted by molar-refractivity contribution is 0.0697. The van der Waals surface area contributed by atoms with Crippen molar-refractivity contribution in [2.45, 2.75) is 18.4 Å². The minimum absolute atomic E-state index is 0.0349. The summed E-state index contributed by atoms with van der Waals surface area (Å²) in [5, 5.41) is 14.0. The molecule has 3 atom stereocenters. The van der Waals surface area contributed by atoms with Gasteiger partial charge in [0.05, 0.1) is 17.3 Å². The third-order valence-corrected chi connectivity index (χ3v) is 6.15. The summed E-state index contributed by atoms with van der Waals surface area (Å²) in [6, 6.07) is 22.0. The van der Waals surface area contributed by atoms with E-state index in [0.717, 1.165) is 23.2 Å². The summed E-state index contributed by atoms with van der Waals surface area (Å²) >= 11 is 6.08. The molecule has 1 aliphatic carbocycles. The Morgan fingerprint density at radius 2 is 1.70 bits per heavy atom. The smallest absolute Gasteiger partial charge is 0.337 e. The second-order valence-corrected chi connectivity index (χ2v) is 7.73. The zero-order valence-corrected chi connectivity index (χ0v) is 15.3. The van der Waals surface area contributed by atoms with Crippen molar-refractivity contribution in [1.29, 1.82) is 0 Å². The topological polar surface area (TPSA) is 49.3 Å². The molecule has 0 spiro atoms. The summed E-state index contributed by atoms with van der Waals surface area (Å²) in [6.45, 7) is 0. The number of anilines is 1. The number of carboxylic acid groups (broad SMARTS) is 1. The molecule has 0 unspecified atom stereocenters. The second-order valence-electron chi connectivity index (χ2n) is 7.29. The molecule has 27 heavy (non-hydrogen) atoms. The average Bonchev–Trinajstić information content (AvgIpc) is 3.07. The Kier molecular flexibility index (Phi) is 3.73. The summed E-state index contributed by atoms with van der Waals surface area (Å²) in [5.74, 6) is -0.378. The maximum Gasteiger partial charge on any atom is 0.337 e. The van der Waals surface area contributed by atoms with Gasteiger partial charge in [0.25, 0.3) is 0 Å². The number of hydrogen-bond donors (Lipinski definition) is 2. The molecule has 3 aromatic rings. The van der Waals surface area contributed by atoms with E-state index in [4.69, 9.17) is 11.6 Å². The first-order chi connectivity index (χ1) is 13.1. The van der Waals surface area contributed by atoms with Crippen LogP contribution in [-0.4, -0.2) is 11.1 Å². The quantitative estimate of drug-likeness (QED) is 0.621. The first-order valence-corrected chi connectivity index (χ1v) is 9.47. The number of halogens is 1. The van der Waals surface area contributed by atoms with Crippen LogP contribution in [0.4, 0.5) is 5.69 Å². The molecule has 0 saturated heterocycles. The van der Waals surface area contributed by atoms with Crippen molar-refractivity contribution in [3.05, 3.63) is 99.6 Å². The van der Waals surface area contributed by atoms with Gasteiger partial charge in [0.1, 0.15) is 0 Å². The molecule has 1 heterocycles. The number of rotatable bonds is 2. The lowest BCUT2D eigenvalue weighted by Crippen LogP contribution is -2.31. The number of hydrogen-bond acceptors (Lipinski definition) is 2. The molecule has 2 N–H and O–H groups in total. The van der Waals surface area contributed by atoms with E-state index in [1.54, 1.807) is 6.07 Å². The van der Waals surface area contributed by atoms with Gasteiger partial charge in [-0.3, -0.25) is 0 Å². The third kappa shape index (κ3) is 2.54. The Morgan fingerprint density at radius 1 is 0.963 bits per heavy atom. The van der Waals surface area contributed by atoms with E-state index in [2.05, 4.69) is 35.6 Å². The van der Waals surface area contributed by atoms with E-state index in [1.165, 1.54) is 11.1 Å². The van der Waals surface area contributed by atoms with Crippen LogP contribution in [0.5, 0.6) is 0 Å². The van der Waals surface area contributed by atoms with Crippen LogP contribution in [0.1, 0.15) is 44.6 Å². The number of benzene rings is 3. The van der Waals surface area contributed by atoms with Gasteiger partial charge in [-0.1, -0.05) is 60.1 Å². The van der Waals surface area contributed by atoms with Gasteiger partial charge < -0.3 is 10.4 Å². The van der Waals surface area contributed by atoms with E-state index in [-0.39, 0.29) is 12.0 Å². The van der Waals surface area contributed by atoms with Crippen LogP contribution in [0, 0.1) is 5.92 Å². The molecule has 0 amide bonds. The van der Waals surface area contributed by atoms with Crippen molar-refractivity contribution in [3.8, 4) is 0 Å². The van der Waals surface area contributed by atoms with Gasteiger partial charge in [-0.05, 0) is 52.8 Å². The van der Waals surface area contributed by atoms with Gasteiger partial charge >= 0.3 is 5.97 Å². The van der Waals surface area contributed by atoms with Gasteiger partial charge in [-0.15, -0.1) is 0 Å². The molecule has 2 aliphatic rings. The molecule has 3 aromatic carbocycles. The largest absolute Gasteiger partial charge is 0.478 e. The first kappa shape index (κ1) is 16.4. The zero-order chi connectivity index (χ0) is 18.5. The minimum Gasteiger partial charge on any atom is -0.478 e. The Morgan fingerprint density at radius 3 is 2.48 bits per heavy atom. The molecule has 0 saturated carbocycles. The predicted molar refractivity (Wildman–Crippen MR) is 107 cm³/mol. The minimum atomic E-state index is -0.904. The molecule has 0 bridgehead atoms. The number of para-hydroxylation sites is 1. The van der Waals surface area contributed by atoms with Gasteiger partial charge in [0, 0.05) is 10.9 Å². The highest BCUT2D eigenvalue weighted by molar-refractivity contribution is 6.30. The predicted octanol–water partition coefficient (Wildman–Crippen LogP) is 5.51. The Hall–Kier alpha value is -2.78. The molecule has 0 fully saturated rings. The van der Waals surface area contributed by atoms with Gasteiger partial charge in [0.2, 0.25) is 0 Å². The van der Waals surface area contributed by atoms with Crippen LogP contribution in [0.2, 0.25) is 5.02 Å². The molecule has 4 heteroatoms. The standard InChI is InChI=1S/C23H18ClNO2/c24-15-10-8-13(9-11-15)21-19-12-14-4-1-2-5-16(14)20(19)17-6-3-7-18(23(26)27)22(17)25-21/h1-11,19-21,25H,12H2,(H,26,27)/t19-,20-,21+/m0/s1. The summed E-state index contributed by atoms with van der Waals surface area (Å²) in [6.07, 6.45) is 0.970. The zero-order valence-electron chi connectivity index (χ0n) is 14.5. The van der Waals surface area contributed by atoms with E-state index in [1.807, 2.05) is 30.3 Å². The van der Waals surface area contributed by atoms with Crippen molar-refractivity contribution >= 4 is 23.3 Å². The van der Waals surface area contributed by atoms with Crippen LogP contribution in [0.15, 0.2) is 66.7 Å². The van der Waals surface area contributed by atoms with E-state index in [9.17, 15) is 9.90 Å². The van der Waals surface area contributed by atoms with Crippen LogP contribution < -0.4 is 5.32 Å². The van der Waals surface area contributed by atoms with Crippen LogP contribution >= 0.6 is 11.6 Å². The third-order valence-electron chi connectivity index (χ3n) is 5.89. The molecule has 5 rings (SSSR count). The summed E-state index contributed by atoms with van der Waals surface area (Å²) in [4.78, 5) is 11.8. The molecule has 1 aliphatic heterocycles. The second kappa shape index (κ2) is 6.14. The fourth-order valence-corrected chi connectivity index (χ4v) is 4.89. The highest BCUT2D eigenvalue weighted by Gasteiger charge is 2.44. The van der Waals surface area contributed by atoms with Crippen molar-refractivity contribution in [1.82, 2.24) is 0 Å². The van der Waals surface area contributed by atoms with Crippen LogP contribution in [-0.2, 0) is 6.42 Å².